The molecule has 0 radical (unpaired) electrons. The third kappa shape index (κ3) is 3.33. The minimum atomic E-state index is -3.71. The van der Waals surface area contributed by atoms with E-state index in [2.05, 4.69) is 4.72 Å². The molecule has 5 nitrogen and oxygen atoms in total. The normalized spacial score (nSPS) is 16.2. The summed E-state index contributed by atoms with van der Waals surface area (Å²) in [4.78, 5) is 12.9. The SMILES string of the molecule is CCc1ccc(S(=O)(=O)Nc2ccc3oc4c(c3c2)C(=O)CC(C)(C)C4)cc1. The summed E-state index contributed by atoms with van der Waals surface area (Å²) in [6, 6.07) is 11.9. The molecule has 0 aliphatic heterocycles. The molecule has 4 rings (SSSR count). The lowest BCUT2D eigenvalue weighted by Gasteiger charge is -2.27. The number of nitrogens with one attached hydrogen (secondary N) is 1. The number of anilines is 1. The molecule has 1 N–H and O–H groups in total. The van der Waals surface area contributed by atoms with Crippen molar-refractivity contribution >= 4 is 32.5 Å². The number of Topliss-reactive ketones (excluding diaryl/α,β-unsaturated/α-hetero) is 1. The molecule has 0 saturated heterocycles. The van der Waals surface area contributed by atoms with Crippen LogP contribution in [0.25, 0.3) is 11.0 Å². The van der Waals surface area contributed by atoms with Gasteiger partial charge in [0.1, 0.15) is 11.3 Å². The highest BCUT2D eigenvalue weighted by atomic mass is 32.2. The van der Waals surface area contributed by atoms with Gasteiger partial charge in [0.25, 0.3) is 10.0 Å². The van der Waals surface area contributed by atoms with E-state index in [9.17, 15) is 13.2 Å². The first-order chi connectivity index (χ1) is 13.2. The van der Waals surface area contributed by atoms with Gasteiger partial charge < -0.3 is 4.42 Å². The first kappa shape index (κ1) is 18.7. The molecule has 0 saturated carbocycles. The maximum Gasteiger partial charge on any atom is 0.261 e. The highest BCUT2D eigenvalue weighted by molar-refractivity contribution is 7.92. The molecule has 0 unspecified atom stereocenters. The summed E-state index contributed by atoms with van der Waals surface area (Å²) in [7, 11) is -3.71. The van der Waals surface area contributed by atoms with Gasteiger partial charge in [-0.25, -0.2) is 8.42 Å². The van der Waals surface area contributed by atoms with Crippen LogP contribution in [0, 0.1) is 5.41 Å². The number of fused-ring (bicyclic) bond motifs is 3. The van der Waals surface area contributed by atoms with E-state index in [1.165, 1.54) is 0 Å². The zero-order chi connectivity index (χ0) is 20.1. The minimum absolute atomic E-state index is 0.0418. The second kappa shape index (κ2) is 6.48. The van der Waals surface area contributed by atoms with Crippen LogP contribution in [0.3, 0.4) is 0 Å². The van der Waals surface area contributed by atoms with Crippen LogP contribution in [0.1, 0.15) is 48.9 Å². The number of benzene rings is 2. The van der Waals surface area contributed by atoms with Crippen LogP contribution < -0.4 is 4.72 Å². The number of hydrogen-bond donors (Lipinski definition) is 1. The Labute approximate surface area is 164 Å². The molecule has 28 heavy (non-hydrogen) atoms. The van der Waals surface area contributed by atoms with Gasteiger partial charge in [-0.15, -0.1) is 0 Å². The van der Waals surface area contributed by atoms with Crippen molar-refractivity contribution in [1.82, 2.24) is 0 Å². The Balaban J connectivity index is 1.70. The molecule has 6 heteroatoms. The van der Waals surface area contributed by atoms with Crippen molar-refractivity contribution in [2.75, 3.05) is 4.72 Å². The lowest BCUT2D eigenvalue weighted by atomic mass is 9.76. The number of ketones is 1. The number of rotatable bonds is 4. The largest absolute Gasteiger partial charge is 0.460 e. The standard InChI is InChI=1S/C22H23NO4S/c1-4-14-5-8-16(9-6-14)28(25,26)23-15-7-10-19-17(11-15)21-18(24)12-22(2,3)13-20(21)27-19/h5-11,23H,4,12-13H2,1-3H3. The predicted molar refractivity (Wildman–Crippen MR) is 109 cm³/mol. The Kier molecular flexibility index (Phi) is 4.34. The van der Waals surface area contributed by atoms with Crippen LogP contribution >= 0.6 is 0 Å². The summed E-state index contributed by atoms with van der Waals surface area (Å²) < 4.78 is 33.9. The van der Waals surface area contributed by atoms with Crippen molar-refractivity contribution in [2.45, 2.75) is 44.9 Å². The van der Waals surface area contributed by atoms with Crippen LogP contribution in [0.2, 0.25) is 0 Å². The van der Waals surface area contributed by atoms with Crippen molar-refractivity contribution in [1.29, 1.82) is 0 Å². The lowest BCUT2D eigenvalue weighted by Crippen LogP contribution is -2.25. The molecule has 0 spiro atoms. The monoisotopic (exact) mass is 397 g/mol. The van der Waals surface area contributed by atoms with Crippen molar-refractivity contribution in [3.05, 3.63) is 59.4 Å². The van der Waals surface area contributed by atoms with Crippen molar-refractivity contribution in [2.24, 2.45) is 5.41 Å². The molecule has 1 aliphatic carbocycles. The fourth-order valence-electron chi connectivity index (χ4n) is 3.78. The van der Waals surface area contributed by atoms with Crippen LogP contribution in [-0.2, 0) is 22.9 Å². The summed E-state index contributed by atoms with van der Waals surface area (Å²) in [6.45, 7) is 6.11. The van der Waals surface area contributed by atoms with E-state index in [1.807, 2.05) is 32.9 Å². The molecule has 0 amide bonds. The molecule has 3 aromatic rings. The van der Waals surface area contributed by atoms with Gasteiger partial charge in [0, 0.05) is 23.9 Å². The molecule has 0 atom stereocenters. The Morgan fingerprint density at radius 2 is 1.79 bits per heavy atom. The summed E-state index contributed by atoms with van der Waals surface area (Å²) in [5.74, 6) is 0.728. The van der Waals surface area contributed by atoms with Crippen molar-refractivity contribution in [3.63, 3.8) is 0 Å². The van der Waals surface area contributed by atoms with E-state index in [0.717, 1.165) is 12.0 Å². The average molecular weight is 397 g/mol. The zero-order valence-electron chi connectivity index (χ0n) is 16.2. The second-order valence-corrected chi connectivity index (χ2v) is 9.84. The summed E-state index contributed by atoms with van der Waals surface area (Å²) in [6.07, 6.45) is 1.99. The zero-order valence-corrected chi connectivity index (χ0v) is 17.0. The molecule has 1 aromatic heterocycles. The van der Waals surface area contributed by atoms with Gasteiger partial charge in [0.2, 0.25) is 0 Å². The number of sulfonamides is 1. The van der Waals surface area contributed by atoms with E-state index in [-0.39, 0.29) is 16.1 Å². The Hall–Kier alpha value is -2.60. The van der Waals surface area contributed by atoms with Gasteiger partial charge in [-0.3, -0.25) is 9.52 Å². The van der Waals surface area contributed by atoms with Gasteiger partial charge >= 0.3 is 0 Å². The maximum atomic E-state index is 12.7. The smallest absolute Gasteiger partial charge is 0.261 e. The molecule has 146 valence electrons. The van der Waals surface area contributed by atoms with Gasteiger partial charge in [-0.1, -0.05) is 32.9 Å². The molecule has 0 fully saturated rings. The molecular weight excluding hydrogens is 374 g/mol. The molecule has 1 aliphatic rings. The fraction of sp³-hybridized carbons (Fsp3) is 0.318. The number of hydrogen-bond acceptors (Lipinski definition) is 4. The Morgan fingerprint density at radius 3 is 2.46 bits per heavy atom. The van der Waals surface area contributed by atoms with E-state index in [0.29, 0.717) is 40.8 Å². The maximum absolute atomic E-state index is 12.7. The highest BCUT2D eigenvalue weighted by Gasteiger charge is 2.35. The first-order valence-electron chi connectivity index (χ1n) is 9.39. The predicted octanol–water partition coefficient (Wildman–Crippen LogP) is 4.95. The number of carbonyl (C=O) groups is 1. The van der Waals surface area contributed by atoms with Crippen molar-refractivity contribution < 1.29 is 17.6 Å². The number of carbonyl (C=O) groups excluding carboxylic acids is 1. The topological polar surface area (TPSA) is 76.4 Å². The quantitative estimate of drug-likeness (QED) is 0.676. The highest BCUT2D eigenvalue weighted by Crippen LogP contribution is 2.40. The third-order valence-corrected chi connectivity index (χ3v) is 6.61. The first-order valence-corrected chi connectivity index (χ1v) is 10.9. The van der Waals surface area contributed by atoms with Crippen LogP contribution in [0.15, 0.2) is 51.8 Å². The van der Waals surface area contributed by atoms with Gasteiger partial charge in [-0.05, 0) is 47.7 Å². The van der Waals surface area contributed by atoms with Crippen LogP contribution in [-0.4, -0.2) is 14.2 Å². The Morgan fingerprint density at radius 1 is 1.07 bits per heavy atom. The molecule has 2 aromatic carbocycles. The molecule has 1 heterocycles. The summed E-state index contributed by atoms with van der Waals surface area (Å²) in [5, 5.41) is 0.664. The van der Waals surface area contributed by atoms with E-state index < -0.39 is 10.0 Å². The number of furan rings is 1. The van der Waals surface area contributed by atoms with Crippen LogP contribution in [0.4, 0.5) is 5.69 Å². The van der Waals surface area contributed by atoms with E-state index in [1.54, 1.807) is 30.3 Å². The lowest BCUT2D eigenvalue weighted by molar-refractivity contribution is 0.0906. The van der Waals surface area contributed by atoms with Gasteiger partial charge in [0.05, 0.1) is 10.5 Å². The Bertz CT molecular complexity index is 1170. The van der Waals surface area contributed by atoms with Gasteiger partial charge in [0.15, 0.2) is 5.78 Å². The van der Waals surface area contributed by atoms with E-state index in [4.69, 9.17) is 4.42 Å². The summed E-state index contributed by atoms with van der Waals surface area (Å²) in [5.41, 5.74) is 2.54. The average Bonchev–Trinajstić information content (AvgIpc) is 2.97. The van der Waals surface area contributed by atoms with Gasteiger partial charge in [-0.2, -0.15) is 0 Å². The minimum Gasteiger partial charge on any atom is -0.460 e. The van der Waals surface area contributed by atoms with Crippen LogP contribution in [0.5, 0.6) is 0 Å². The molecular formula is C22H23NO4S. The fourth-order valence-corrected chi connectivity index (χ4v) is 4.83. The summed E-state index contributed by atoms with van der Waals surface area (Å²) >= 11 is 0. The number of aryl methyl sites for hydroxylation is 1. The molecule has 0 bridgehead atoms. The second-order valence-electron chi connectivity index (χ2n) is 8.16. The van der Waals surface area contributed by atoms with Crippen molar-refractivity contribution in [3.8, 4) is 0 Å². The third-order valence-electron chi connectivity index (χ3n) is 5.21. The van der Waals surface area contributed by atoms with E-state index >= 15 is 0 Å².